The molecule has 1 heterocycles. The third kappa shape index (κ3) is 3.72. The van der Waals surface area contributed by atoms with Gasteiger partial charge in [0.15, 0.2) is 0 Å². The van der Waals surface area contributed by atoms with E-state index in [0.717, 1.165) is 11.3 Å². The van der Waals surface area contributed by atoms with E-state index < -0.39 is 0 Å². The Labute approximate surface area is 116 Å². The van der Waals surface area contributed by atoms with Crippen molar-refractivity contribution in [1.29, 1.82) is 0 Å². The van der Waals surface area contributed by atoms with Gasteiger partial charge in [-0.05, 0) is 69.9 Å². The molecular formula is C16H24N2O. The number of nitrogens with zero attached hydrogens (tertiary/aromatic N) is 2. The van der Waals surface area contributed by atoms with Gasteiger partial charge in [0.2, 0.25) is 0 Å². The Kier molecular flexibility index (Phi) is 4.83. The van der Waals surface area contributed by atoms with E-state index in [1.54, 1.807) is 0 Å². The molecule has 1 aliphatic rings. The minimum Gasteiger partial charge on any atom is -0.494 e. The van der Waals surface area contributed by atoms with Crippen LogP contribution in [0.15, 0.2) is 29.4 Å². The molecule has 0 spiro atoms. The summed E-state index contributed by atoms with van der Waals surface area (Å²) in [5, 5.41) is 6.89. The third-order valence-corrected chi connectivity index (χ3v) is 3.68. The zero-order chi connectivity index (χ0) is 13.7. The second kappa shape index (κ2) is 6.60. The number of hydrogen-bond donors (Lipinski definition) is 0. The van der Waals surface area contributed by atoms with E-state index in [0.29, 0.717) is 18.7 Å². The molecule has 1 aromatic rings. The van der Waals surface area contributed by atoms with Crippen molar-refractivity contribution in [2.24, 2.45) is 5.10 Å². The van der Waals surface area contributed by atoms with Crippen molar-refractivity contribution in [3.05, 3.63) is 29.8 Å². The highest BCUT2D eigenvalue weighted by Crippen LogP contribution is 2.22. The number of rotatable bonds is 4. The van der Waals surface area contributed by atoms with Gasteiger partial charge in [-0.1, -0.05) is 0 Å². The Hall–Kier alpha value is -1.51. The normalized spacial score (nSPS) is 23.8. The fourth-order valence-corrected chi connectivity index (χ4v) is 2.59. The van der Waals surface area contributed by atoms with Crippen LogP contribution in [-0.4, -0.2) is 29.9 Å². The monoisotopic (exact) mass is 260 g/mol. The molecule has 3 nitrogen and oxygen atoms in total. The largest absolute Gasteiger partial charge is 0.494 e. The molecule has 0 aromatic heterocycles. The van der Waals surface area contributed by atoms with E-state index in [9.17, 15) is 0 Å². The molecule has 19 heavy (non-hydrogen) atoms. The first-order chi connectivity index (χ1) is 9.20. The average Bonchev–Trinajstić information content (AvgIpc) is 2.40. The summed E-state index contributed by atoms with van der Waals surface area (Å²) in [5.41, 5.74) is 1.12. The van der Waals surface area contributed by atoms with Gasteiger partial charge in [-0.2, -0.15) is 5.10 Å². The van der Waals surface area contributed by atoms with Crippen molar-refractivity contribution in [3.63, 3.8) is 0 Å². The van der Waals surface area contributed by atoms with Gasteiger partial charge in [-0.25, -0.2) is 0 Å². The Morgan fingerprint density at radius 3 is 2.42 bits per heavy atom. The van der Waals surface area contributed by atoms with Crippen molar-refractivity contribution in [1.82, 2.24) is 5.01 Å². The molecule has 2 rings (SSSR count). The molecule has 2 atom stereocenters. The maximum atomic E-state index is 5.43. The van der Waals surface area contributed by atoms with Crippen LogP contribution in [0.5, 0.6) is 5.75 Å². The van der Waals surface area contributed by atoms with Crippen LogP contribution >= 0.6 is 0 Å². The zero-order valence-electron chi connectivity index (χ0n) is 12.2. The van der Waals surface area contributed by atoms with Crippen LogP contribution in [0.4, 0.5) is 0 Å². The molecule has 0 aliphatic carbocycles. The summed E-state index contributed by atoms with van der Waals surface area (Å²) in [6, 6.07) is 9.18. The van der Waals surface area contributed by atoms with Crippen LogP contribution < -0.4 is 4.74 Å². The first kappa shape index (κ1) is 13.9. The molecule has 0 saturated carbocycles. The van der Waals surface area contributed by atoms with Crippen LogP contribution in [0.3, 0.4) is 0 Å². The topological polar surface area (TPSA) is 24.8 Å². The molecule has 104 valence electrons. The number of ether oxygens (including phenoxy) is 1. The molecule has 0 bridgehead atoms. The third-order valence-electron chi connectivity index (χ3n) is 3.68. The molecule has 0 radical (unpaired) electrons. The van der Waals surface area contributed by atoms with Gasteiger partial charge < -0.3 is 4.74 Å². The Morgan fingerprint density at radius 1 is 1.21 bits per heavy atom. The quantitative estimate of drug-likeness (QED) is 0.771. The summed E-state index contributed by atoms with van der Waals surface area (Å²) in [6.07, 6.45) is 5.75. The van der Waals surface area contributed by atoms with Crippen LogP contribution in [0, 0.1) is 0 Å². The van der Waals surface area contributed by atoms with Crippen molar-refractivity contribution in [2.75, 3.05) is 6.61 Å². The van der Waals surface area contributed by atoms with Gasteiger partial charge >= 0.3 is 0 Å². The summed E-state index contributed by atoms with van der Waals surface area (Å²) in [7, 11) is 0. The van der Waals surface area contributed by atoms with Gasteiger partial charge in [0, 0.05) is 12.1 Å². The maximum Gasteiger partial charge on any atom is 0.119 e. The summed E-state index contributed by atoms with van der Waals surface area (Å²) >= 11 is 0. The Bertz CT molecular complexity index is 403. The smallest absolute Gasteiger partial charge is 0.119 e. The molecule has 1 saturated heterocycles. The van der Waals surface area contributed by atoms with Crippen LogP contribution in [-0.2, 0) is 0 Å². The van der Waals surface area contributed by atoms with Crippen LogP contribution in [0.25, 0.3) is 0 Å². The maximum absolute atomic E-state index is 5.43. The number of hydrazone groups is 1. The summed E-state index contributed by atoms with van der Waals surface area (Å²) in [4.78, 5) is 0. The second-order valence-electron chi connectivity index (χ2n) is 5.26. The highest BCUT2D eigenvalue weighted by Gasteiger charge is 2.22. The van der Waals surface area contributed by atoms with Crippen molar-refractivity contribution >= 4 is 6.21 Å². The lowest BCUT2D eigenvalue weighted by Crippen LogP contribution is -2.39. The lowest BCUT2D eigenvalue weighted by atomic mass is 10.00. The summed E-state index contributed by atoms with van der Waals surface area (Å²) in [6.45, 7) is 7.21. The standard InChI is InChI=1S/C16H24N2O/c1-4-19-16-10-8-15(9-11-16)12-17-18-13(2)6-5-7-14(18)3/h8-14H,4-7H2,1-3H3/b17-12-/t13-,14+. The first-order valence-corrected chi connectivity index (χ1v) is 7.26. The minimum atomic E-state index is 0.544. The number of piperidine rings is 1. The highest BCUT2D eigenvalue weighted by atomic mass is 16.5. The van der Waals surface area contributed by atoms with E-state index >= 15 is 0 Å². The molecule has 0 N–H and O–H groups in total. The summed E-state index contributed by atoms with van der Waals surface area (Å²) in [5.74, 6) is 0.916. The highest BCUT2D eigenvalue weighted by molar-refractivity contribution is 5.79. The van der Waals surface area contributed by atoms with E-state index in [4.69, 9.17) is 4.74 Å². The lowest BCUT2D eigenvalue weighted by molar-refractivity contribution is 0.109. The lowest BCUT2D eigenvalue weighted by Gasteiger charge is -2.36. The SMILES string of the molecule is CCOc1ccc(/C=N\N2[C@H](C)CCC[C@@H]2C)cc1. The van der Waals surface area contributed by atoms with Gasteiger partial charge in [0.25, 0.3) is 0 Å². The minimum absolute atomic E-state index is 0.544. The van der Waals surface area contributed by atoms with Gasteiger partial charge in [-0.15, -0.1) is 0 Å². The van der Waals surface area contributed by atoms with E-state index in [-0.39, 0.29) is 0 Å². The van der Waals surface area contributed by atoms with Gasteiger partial charge in [0.05, 0.1) is 12.8 Å². The van der Waals surface area contributed by atoms with E-state index in [1.165, 1.54) is 19.3 Å². The van der Waals surface area contributed by atoms with E-state index in [2.05, 4.69) is 24.0 Å². The second-order valence-corrected chi connectivity index (χ2v) is 5.26. The Morgan fingerprint density at radius 2 is 1.84 bits per heavy atom. The van der Waals surface area contributed by atoms with Crippen LogP contribution in [0.1, 0.15) is 45.6 Å². The van der Waals surface area contributed by atoms with Gasteiger partial charge in [-0.3, -0.25) is 5.01 Å². The first-order valence-electron chi connectivity index (χ1n) is 7.26. The zero-order valence-corrected chi connectivity index (χ0v) is 12.2. The predicted molar refractivity (Wildman–Crippen MR) is 79.8 cm³/mol. The van der Waals surface area contributed by atoms with Crippen molar-refractivity contribution in [3.8, 4) is 5.75 Å². The number of benzene rings is 1. The average molecular weight is 260 g/mol. The van der Waals surface area contributed by atoms with Crippen LogP contribution in [0.2, 0.25) is 0 Å². The fourth-order valence-electron chi connectivity index (χ4n) is 2.59. The van der Waals surface area contributed by atoms with E-state index in [1.807, 2.05) is 37.4 Å². The molecular weight excluding hydrogens is 236 g/mol. The molecule has 1 aliphatic heterocycles. The van der Waals surface area contributed by atoms with Crippen molar-refractivity contribution < 1.29 is 4.74 Å². The van der Waals surface area contributed by atoms with Gasteiger partial charge in [0.1, 0.15) is 5.75 Å². The fraction of sp³-hybridized carbons (Fsp3) is 0.562. The molecule has 0 amide bonds. The van der Waals surface area contributed by atoms with Crippen molar-refractivity contribution in [2.45, 2.75) is 52.1 Å². The molecule has 1 fully saturated rings. The molecule has 0 unspecified atom stereocenters. The molecule has 3 heteroatoms. The summed E-state index contributed by atoms with van der Waals surface area (Å²) < 4.78 is 5.43. The molecule has 1 aromatic carbocycles. The number of hydrogen-bond acceptors (Lipinski definition) is 3. The predicted octanol–water partition coefficient (Wildman–Crippen LogP) is 3.68. The Balaban J connectivity index is 2.00.